The van der Waals surface area contributed by atoms with E-state index in [1.807, 2.05) is 6.49 Å². The molecule has 272 valence electrons. The van der Waals surface area contributed by atoms with E-state index >= 15 is 0 Å². The Bertz CT molecular complexity index is 1960. The second-order valence-corrected chi connectivity index (χ2v) is 23.6. The first-order valence-corrected chi connectivity index (χ1v) is 24.4. The fourth-order valence-electron chi connectivity index (χ4n) is 9.52. The van der Waals surface area contributed by atoms with Gasteiger partial charge in [-0.25, -0.2) is 0 Å². The molecule has 0 heterocycles. The van der Waals surface area contributed by atoms with Crippen LogP contribution >= 0.6 is 0 Å². The van der Waals surface area contributed by atoms with Crippen LogP contribution in [0.4, 0.5) is 0 Å². The summed E-state index contributed by atoms with van der Waals surface area (Å²) < 4.78 is 4.35. The predicted molar refractivity (Wildman–Crippen MR) is 225 cm³/mol. The molecule has 0 saturated carbocycles. The fourth-order valence-corrected chi connectivity index (χ4v) is 19.1. The van der Waals surface area contributed by atoms with Crippen LogP contribution in [-0.2, 0) is 38.5 Å². The van der Waals surface area contributed by atoms with Crippen molar-refractivity contribution in [3.8, 4) is 11.1 Å². The Balaban J connectivity index is 1.72. The first-order chi connectivity index (χ1) is 25.1. The van der Waals surface area contributed by atoms with Gasteiger partial charge in [0.15, 0.2) is 0 Å². The Morgan fingerprint density at radius 3 is 1.79 bits per heavy atom. The maximum atomic E-state index is 2.70. The first-order valence-electron chi connectivity index (χ1n) is 20.6. The van der Waals surface area contributed by atoms with E-state index in [4.69, 9.17) is 0 Å². The Kier molecular flexibility index (Phi) is 12.4. The van der Waals surface area contributed by atoms with Gasteiger partial charge in [0.25, 0.3) is 0 Å². The van der Waals surface area contributed by atoms with Gasteiger partial charge in [-0.1, -0.05) is 0 Å². The second kappa shape index (κ2) is 16.6. The molecular formula is C51H64Zr. The third kappa shape index (κ3) is 7.43. The molecule has 0 radical (unpaired) electrons. The molecule has 52 heavy (non-hydrogen) atoms. The van der Waals surface area contributed by atoms with Gasteiger partial charge < -0.3 is 0 Å². The number of hydrogen-bond donors (Lipinski definition) is 0. The van der Waals surface area contributed by atoms with Crippen molar-refractivity contribution in [1.29, 1.82) is 0 Å². The van der Waals surface area contributed by atoms with Crippen LogP contribution in [0.25, 0.3) is 11.1 Å². The van der Waals surface area contributed by atoms with Crippen LogP contribution < -0.4 is 0 Å². The van der Waals surface area contributed by atoms with Crippen molar-refractivity contribution in [3.05, 3.63) is 150 Å². The Hall–Kier alpha value is -2.89. The van der Waals surface area contributed by atoms with Gasteiger partial charge in [0.1, 0.15) is 0 Å². The molecule has 1 unspecified atom stereocenters. The molecule has 0 fully saturated rings. The van der Waals surface area contributed by atoms with Crippen molar-refractivity contribution < 1.29 is 21.3 Å². The van der Waals surface area contributed by atoms with Crippen molar-refractivity contribution >= 4 is 3.21 Å². The zero-order valence-corrected chi connectivity index (χ0v) is 36.3. The molecule has 0 spiro atoms. The van der Waals surface area contributed by atoms with E-state index < -0.39 is 21.3 Å². The molecule has 2 aliphatic carbocycles. The summed E-state index contributed by atoms with van der Waals surface area (Å²) in [6.45, 7) is 21.8. The van der Waals surface area contributed by atoms with Gasteiger partial charge >= 0.3 is 327 Å². The van der Waals surface area contributed by atoms with E-state index in [9.17, 15) is 0 Å². The van der Waals surface area contributed by atoms with E-state index in [-0.39, 0.29) is 10.8 Å². The number of fused-ring (bicyclic) bond motifs is 3. The molecule has 1 atom stereocenters. The topological polar surface area (TPSA) is 0 Å². The number of allylic oxidation sites excluding steroid dienone is 4. The van der Waals surface area contributed by atoms with Gasteiger partial charge in [0, 0.05) is 0 Å². The molecule has 1 heteroatoms. The van der Waals surface area contributed by atoms with Gasteiger partial charge in [-0.2, -0.15) is 0 Å². The van der Waals surface area contributed by atoms with Gasteiger partial charge in [-0.05, 0) is 0 Å². The molecule has 0 bridgehead atoms. The van der Waals surface area contributed by atoms with Crippen molar-refractivity contribution in [2.24, 2.45) is 0 Å². The van der Waals surface area contributed by atoms with E-state index in [2.05, 4.69) is 159 Å². The minimum absolute atomic E-state index is 0.0977. The molecule has 6 rings (SSSR count). The van der Waals surface area contributed by atoms with Gasteiger partial charge in [-0.15, -0.1) is 0 Å². The van der Waals surface area contributed by atoms with Gasteiger partial charge in [0.2, 0.25) is 0 Å². The van der Waals surface area contributed by atoms with Crippen molar-refractivity contribution in [3.63, 3.8) is 0 Å². The standard InChI is InChI=1S/C37H41.C9H18.C5H5.Zr/c1-8-9-20-30-26(3)35(37(6,7)29-18-14-11-15-19-29)24-33-31-23-34(25(2)21-27(31)22-32(30)33)36(4,5)28-16-12-10-13-17-28;1-3-5-7-9-8-6-4-2;1-2-4-5-3-1;/h10-19,21-24H,8-9,20H2,1-7H3;3-8H2,1-2H3;1-3H,4H2;. The molecule has 0 N–H and O–H groups in total. The minimum atomic E-state index is -2.46. The summed E-state index contributed by atoms with van der Waals surface area (Å²) in [5, 5.41) is 0. The van der Waals surface area contributed by atoms with Crippen molar-refractivity contribution in [1.82, 2.24) is 0 Å². The predicted octanol–water partition coefficient (Wildman–Crippen LogP) is 14.4. The number of unbranched alkanes of at least 4 members (excludes halogenated alkanes) is 3. The molecule has 0 nitrogen and oxygen atoms in total. The molecular weight excluding hydrogens is 704 g/mol. The Labute approximate surface area is 325 Å². The molecule has 0 aliphatic heterocycles. The number of rotatable bonds is 15. The van der Waals surface area contributed by atoms with E-state index in [1.54, 1.807) is 27.8 Å². The summed E-state index contributed by atoms with van der Waals surface area (Å²) in [7, 11) is 0. The van der Waals surface area contributed by atoms with E-state index in [0.717, 1.165) is 6.42 Å². The van der Waals surface area contributed by atoms with Crippen molar-refractivity contribution in [2.45, 2.75) is 141 Å². The van der Waals surface area contributed by atoms with Gasteiger partial charge in [0.05, 0.1) is 0 Å². The van der Waals surface area contributed by atoms with Crippen LogP contribution in [-0.4, -0.2) is 3.21 Å². The summed E-state index contributed by atoms with van der Waals surface area (Å²) >= 11 is -2.46. The molecule has 0 saturated heterocycles. The van der Waals surface area contributed by atoms with Crippen LogP contribution in [0.1, 0.15) is 160 Å². The second-order valence-electron chi connectivity index (χ2n) is 16.8. The maximum absolute atomic E-state index is 2.70. The monoisotopic (exact) mass is 766 g/mol. The third-order valence-electron chi connectivity index (χ3n) is 12.6. The number of hydrogen-bond acceptors (Lipinski definition) is 0. The Morgan fingerprint density at radius 1 is 0.692 bits per heavy atom. The van der Waals surface area contributed by atoms with Crippen LogP contribution in [0.2, 0.25) is 0 Å². The summed E-state index contributed by atoms with van der Waals surface area (Å²) in [6.07, 6.45) is 20.1. The fraction of sp³-hybridized carbons (Fsp3) is 0.431. The normalized spacial score (nSPS) is 15.1. The van der Waals surface area contributed by atoms with E-state index in [0.29, 0.717) is 3.63 Å². The van der Waals surface area contributed by atoms with Crippen LogP contribution in [0, 0.1) is 13.8 Å². The molecule has 4 aromatic carbocycles. The molecule has 4 aromatic rings. The van der Waals surface area contributed by atoms with Crippen LogP contribution in [0.5, 0.6) is 0 Å². The number of aryl methyl sites for hydroxylation is 1. The summed E-state index contributed by atoms with van der Waals surface area (Å²) in [5.74, 6) is 0. The molecule has 0 aromatic heterocycles. The first kappa shape index (κ1) is 38.8. The average molecular weight is 768 g/mol. The zero-order valence-electron chi connectivity index (χ0n) is 33.9. The zero-order chi connectivity index (χ0) is 37.0. The average Bonchev–Trinajstić information content (AvgIpc) is 3.79. The summed E-state index contributed by atoms with van der Waals surface area (Å²) in [5.41, 5.74) is 16.7. The number of benzene rings is 4. The molecule has 0 amide bonds. The van der Waals surface area contributed by atoms with Crippen molar-refractivity contribution in [2.75, 3.05) is 0 Å². The summed E-state index contributed by atoms with van der Waals surface area (Å²) in [4.78, 5) is 0. The van der Waals surface area contributed by atoms with Gasteiger partial charge in [-0.3, -0.25) is 0 Å². The van der Waals surface area contributed by atoms with Crippen LogP contribution in [0.3, 0.4) is 0 Å². The van der Waals surface area contributed by atoms with Crippen LogP contribution in [0.15, 0.2) is 100 Å². The molecule has 2 aliphatic rings. The van der Waals surface area contributed by atoms with E-state index in [1.165, 1.54) is 91.2 Å². The SMILES string of the molecule is CCCC[C](CCCC)=[Zr]([C]1=CC=CC1)[CH]1c2cc(C)c(C(C)(C)c3ccccc3)cc2-c2cc(C(C)(C)c3ccccc3)c(C)c(CCCC)c21. The quantitative estimate of drug-likeness (QED) is 0.113. The summed E-state index contributed by atoms with van der Waals surface area (Å²) in [6, 6.07) is 30.5. The Morgan fingerprint density at radius 2 is 1.25 bits per heavy atom. The third-order valence-corrected chi connectivity index (χ3v) is 21.2.